The molecule has 1 amide bonds. The predicted octanol–water partition coefficient (Wildman–Crippen LogP) is 4.91. The molecule has 0 spiro atoms. The molecule has 25 heavy (non-hydrogen) atoms. The first-order valence-electron chi connectivity index (χ1n) is 7.63. The van der Waals surface area contributed by atoms with Gasteiger partial charge in [-0.2, -0.15) is 0 Å². The quantitative estimate of drug-likeness (QED) is 0.448. The Balaban J connectivity index is 1.78. The number of carbonyl (C=O) groups excluding carboxylic acids is 1. The molecule has 0 atom stereocenters. The van der Waals surface area contributed by atoms with Crippen molar-refractivity contribution in [3.63, 3.8) is 0 Å². The number of carbonyl (C=O) groups is 1. The molecule has 0 aliphatic carbocycles. The Kier molecular flexibility index (Phi) is 5.49. The average molecular weight is 445 g/mol. The van der Waals surface area contributed by atoms with E-state index in [2.05, 4.69) is 10.3 Å². The van der Waals surface area contributed by atoms with Crippen LogP contribution >= 0.6 is 22.9 Å². The topological polar surface area (TPSA) is 54.5 Å². The van der Waals surface area contributed by atoms with E-state index in [1.165, 1.54) is 0 Å². The molecule has 6 heteroatoms. The third-order valence-corrected chi connectivity index (χ3v) is 4.52. The molecule has 0 unspecified atom stereocenters. The summed E-state index contributed by atoms with van der Waals surface area (Å²) in [6, 6.07) is 18.3. The smallest absolute Gasteiger partial charge is 0.267 e. The van der Waals surface area contributed by atoms with Crippen molar-refractivity contribution in [1.82, 2.24) is 4.98 Å². The predicted molar refractivity (Wildman–Crippen MR) is 108 cm³/mol. The second-order valence-corrected chi connectivity index (χ2v) is 6.16. The number of benzene rings is 2. The van der Waals surface area contributed by atoms with E-state index in [0.29, 0.717) is 17.1 Å². The molecule has 2 aromatic carbocycles. The monoisotopic (exact) mass is 445 g/mol. The number of pyridine rings is 1. The van der Waals surface area contributed by atoms with Crippen molar-refractivity contribution in [2.24, 2.45) is 0 Å². The van der Waals surface area contributed by atoms with Gasteiger partial charge in [0.15, 0.2) is 0 Å². The summed E-state index contributed by atoms with van der Waals surface area (Å²) in [5.74, 6) is 1.26. The number of rotatable bonds is 5. The van der Waals surface area contributed by atoms with E-state index in [4.69, 9.17) is 4.74 Å². The summed E-state index contributed by atoms with van der Waals surface area (Å²) < 4.78 is 7.37. The van der Waals surface area contributed by atoms with Crippen LogP contribution in [0.3, 0.4) is 0 Å². The first-order valence-corrected chi connectivity index (χ1v) is 8.60. The average Bonchev–Trinajstić information content (AvgIpc) is 2.68. The lowest BCUT2D eigenvalue weighted by atomic mass is 10.2. The fourth-order valence-corrected chi connectivity index (χ4v) is 2.80. The summed E-state index contributed by atoms with van der Waals surface area (Å²) in [7, 11) is 1.84. The van der Waals surface area contributed by atoms with Crippen molar-refractivity contribution in [3.05, 3.63) is 78.6 Å². The number of ether oxygens (including phenoxy) is 1. The van der Waals surface area contributed by atoms with Gasteiger partial charge in [0, 0.05) is 36.8 Å². The van der Waals surface area contributed by atoms with Crippen molar-refractivity contribution >= 4 is 40.1 Å². The Morgan fingerprint density at radius 1 is 1.04 bits per heavy atom. The standard InChI is InChI=1S/C19H16IN3O2/c1-21-15-7-5-14(6-8-15)19(24)23(20)16-3-2-4-18(13-16)25-17-9-11-22-12-10-17/h2-13,21H,1H3. The maximum atomic E-state index is 12.7. The lowest BCUT2D eigenvalue weighted by molar-refractivity contribution is 0.101. The van der Waals surface area contributed by atoms with Crippen LogP contribution in [0, 0.1) is 0 Å². The van der Waals surface area contributed by atoms with Gasteiger partial charge in [-0.1, -0.05) is 6.07 Å². The molecule has 0 fully saturated rings. The number of nitrogens with one attached hydrogen (secondary N) is 1. The van der Waals surface area contributed by atoms with Gasteiger partial charge in [-0.3, -0.25) is 9.78 Å². The van der Waals surface area contributed by atoms with Gasteiger partial charge in [0.25, 0.3) is 5.91 Å². The highest BCUT2D eigenvalue weighted by Gasteiger charge is 2.15. The van der Waals surface area contributed by atoms with Crippen molar-refractivity contribution in [1.29, 1.82) is 0 Å². The molecule has 0 bridgehead atoms. The molecule has 126 valence electrons. The SMILES string of the molecule is CNc1ccc(C(=O)N(I)c2cccc(Oc3ccncc3)c2)cc1. The maximum absolute atomic E-state index is 12.7. The van der Waals surface area contributed by atoms with E-state index >= 15 is 0 Å². The Hall–Kier alpha value is -2.61. The largest absolute Gasteiger partial charge is 0.457 e. The fraction of sp³-hybridized carbons (Fsp3) is 0.0526. The molecule has 5 nitrogen and oxygen atoms in total. The molecular formula is C19H16IN3O2. The number of hydrogen-bond acceptors (Lipinski definition) is 4. The lowest BCUT2D eigenvalue weighted by Gasteiger charge is -2.16. The number of anilines is 2. The summed E-state index contributed by atoms with van der Waals surface area (Å²) in [6.45, 7) is 0. The van der Waals surface area contributed by atoms with E-state index in [-0.39, 0.29) is 5.91 Å². The van der Waals surface area contributed by atoms with E-state index in [1.807, 2.05) is 66.3 Å². The van der Waals surface area contributed by atoms with Gasteiger partial charge in [0.1, 0.15) is 11.5 Å². The summed E-state index contributed by atoms with van der Waals surface area (Å²) in [6.07, 6.45) is 3.34. The van der Waals surface area contributed by atoms with Crippen molar-refractivity contribution in [3.8, 4) is 11.5 Å². The highest BCUT2D eigenvalue weighted by atomic mass is 127. The van der Waals surface area contributed by atoms with Crippen molar-refractivity contribution in [2.75, 3.05) is 15.5 Å². The zero-order valence-corrected chi connectivity index (χ0v) is 15.7. The first kappa shape index (κ1) is 17.2. The van der Waals surface area contributed by atoms with Crippen LogP contribution in [-0.2, 0) is 0 Å². The summed E-state index contributed by atoms with van der Waals surface area (Å²) in [5, 5.41) is 3.04. The minimum Gasteiger partial charge on any atom is -0.457 e. The number of aromatic nitrogens is 1. The van der Waals surface area contributed by atoms with Gasteiger partial charge < -0.3 is 10.1 Å². The Bertz CT molecular complexity index is 854. The second-order valence-electron chi connectivity index (χ2n) is 5.20. The number of halogens is 1. The van der Waals surface area contributed by atoms with Gasteiger partial charge in [-0.05, 0) is 48.5 Å². The highest BCUT2D eigenvalue weighted by molar-refractivity contribution is 14.1. The van der Waals surface area contributed by atoms with Crippen LogP contribution in [0.15, 0.2) is 73.1 Å². The summed E-state index contributed by atoms with van der Waals surface area (Å²) in [4.78, 5) is 16.6. The first-order chi connectivity index (χ1) is 12.2. The fourth-order valence-electron chi connectivity index (χ4n) is 2.22. The molecule has 3 rings (SSSR count). The molecule has 3 aromatic rings. The van der Waals surface area contributed by atoms with Crippen LogP contribution in [0.4, 0.5) is 11.4 Å². The minimum atomic E-state index is -0.0932. The Morgan fingerprint density at radius 3 is 2.44 bits per heavy atom. The minimum absolute atomic E-state index is 0.0932. The molecule has 1 N–H and O–H groups in total. The van der Waals surface area contributed by atoms with E-state index in [0.717, 1.165) is 11.4 Å². The normalized spacial score (nSPS) is 10.2. The van der Waals surface area contributed by atoms with Crippen LogP contribution in [0.5, 0.6) is 11.5 Å². The molecular weight excluding hydrogens is 429 g/mol. The zero-order chi connectivity index (χ0) is 17.6. The van der Waals surface area contributed by atoms with Gasteiger partial charge >= 0.3 is 0 Å². The van der Waals surface area contributed by atoms with E-state index in [1.54, 1.807) is 39.8 Å². The van der Waals surface area contributed by atoms with Crippen molar-refractivity contribution < 1.29 is 9.53 Å². The number of nitrogens with zero attached hydrogens (tertiary/aromatic N) is 2. The van der Waals surface area contributed by atoms with E-state index in [9.17, 15) is 4.79 Å². The molecule has 1 heterocycles. The van der Waals surface area contributed by atoms with Gasteiger partial charge in [0.2, 0.25) is 0 Å². The number of amides is 1. The molecule has 0 aliphatic rings. The maximum Gasteiger partial charge on any atom is 0.267 e. The lowest BCUT2D eigenvalue weighted by Crippen LogP contribution is -2.19. The van der Waals surface area contributed by atoms with Gasteiger partial charge in [-0.25, -0.2) is 3.11 Å². The second kappa shape index (κ2) is 7.98. The summed E-state index contributed by atoms with van der Waals surface area (Å²) in [5.41, 5.74) is 2.33. The van der Waals surface area contributed by atoms with Crippen LogP contribution in [0.25, 0.3) is 0 Å². The highest BCUT2D eigenvalue weighted by Crippen LogP contribution is 2.28. The van der Waals surface area contributed by atoms with Crippen LogP contribution in [-0.4, -0.2) is 17.9 Å². The van der Waals surface area contributed by atoms with Crippen molar-refractivity contribution in [2.45, 2.75) is 0 Å². The molecule has 0 radical (unpaired) electrons. The van der Waals surface area contributed by atoms with Crippen LogP contribution < -0.4 is 13.2 Å². The van der Waals surface area contributed by atoms with E-state index < -0.39 is 0 Å². The zero-order valence-electron chi connectivity index (χ0n) is 13.5. The number of hydrogen-bond donors (Lipinski definition) is 1. The molecule has 0 saturated carbocycles. The molecule has 0 saturated heterocycles. The third kappa shape index (κ3) is 4.27. The van der Waals surface area contributed by atoms with Gasteiger partial charge in [0.05, 0.1) is 28.6 Å². The molecule has 1 aromatic heterocycles. The molecule has 0 aliphatic heterocycles. The summed E-state index contributed by atoms with van der Waals surface area (Å²) >= 11 is 2.01. The third-order valence-electron chi connectivity index (χ3n) is 3.53. The Morgan fingerprint density at radius 2 is 1.76 bits per heavy atom. The van der Waals surface area contributed by atoms with Crippen LogP contribution in [0.1, 0.15) is 10.4 Å². The van der Waals surface area contributed by atoms with Gasteiger partial charge in [-0.15, -0.1) is 0 Å². The van der Waals surface area contributed by atoms with Crippen LogP contribution in [0.2, 0.25) is 0 Å². The Labute approximate surface area is 160 Å².